The van der Waals surface area contributed by atoms with Gasteiger partial charge in [-0.15, -0.1) is 5.11 Å². The zero-order chi connectivity index (χ0) is 21.6. The van der Waals surface area contributed by atoms with E-state index in [0.29, 0.717) is 11.4 Å². The number of amides is 1. The molecule has 0 unspecified atom stereocenters. The lowest BCUT2D eigenvalue weighted by molar-refractivity contribution is -0.114. The molecule has 0 aromatic heterocycles. The second kappa shape index (κ2) is 10.1. The topological polar surface area (TPSA) is 138 Å². The minimum absolute atomic E-state index is 0.0449. The fourth-order valence-corrected chi connectivity index (χ4v) is 2.81. The summed E-state index contributed by atoms with van der Waals surface area (Å²) < 4.78 is 0. The molecule has 5 N–H and O–H groups in total. The van der Waals surface area contributed by atoms with Crippen LogP contribution in [0.1, 0.15) is 44.5 Å². The summed E-state index contributed by atoms with van der Waals surface area (Å²) in [6.45, 7) is 7.07. The first-order chi connectivity index (χ1) is 13.7. The van der Waals surface area contributed by atoms with Crippen LogP contribution in [0.15, 0.2) is 46.6 Å². The smallest absolute Gasteiger partial charge is 0.221 e. The van der Waals surface area contributed by atoms with Crippen molar-refractivity contribution >= 4 is 28.7 Å². The number of aliphatic hydroxyl groups excluding tert-OH is 2. The third kappa shape index (κ3) is 6.06. The van der Waals surface area contributed by atoms with Gasteiger partial charge in [-0.2, -0.15) is 5.11 Å². The summed E-state index contributed by atoms with van der Waals surface area (Å²) in [6.07, 6.45) is -3.60. The lowest BCUT2D eigenvalue weighted by Crippen LogP contribution is -2.21. The summed E-state index contributed by atoms with van der Waals surface area (Å²) in [5, 5.41) is 48.5. The van der Waals surface area contributed by atoms with Crippen molar-refractivity contribution in [3.63, 3.8) is 0 Å². The fourth-order valence-electron chi connectivity index (χ4n) is 2.81. The Labute approximate surface area is 169 Å². The molecule has 1 amide bonds. The Kier molecular flexibility index (Phi) is 7.80. The average Bonchev–Trinajstić information content (AvgIpc) is 2.67. The van der Waals surface area contributed by atoms with E-state index in [2.05, 4.69) is 20.4 Å². The molecule has 0 bridgehead atoms. The molecule has 2 aromatic rings. The van der Waals surface area contributed by atoms with Crippen LogP contribution in [0.3, 0.4) is 0 Å². The van der Waals surface area contributed by atoms with Crippen LogP contribution in [0.2, 0.25) is 0 Å². The van der Waals surface area contributed by atoms with E-state index in [4.69, 9.17) is 0 Å². The molecule has 0 heterocycles. The van der Waals surface area contributed by atoms with Gasteiger partial charge in [0, 0.05) is 36.8 Å². The van der Waals surface area contributed by atoms with Crippen molar-refractivity contribution in [2.24, 2.45) is 10.2 Å². The highest BCUT2D eigenvalue weighted by Gasteiger charge is 2.12. The lowest BCUT2D eigenvalue weighted by Gasteiger charge is -2.22. The van der Waals surface area contributed by atoms with E-state index in [1.807, 2.05) is 19.9 Å². The van der Waals surface area contributed by atoms with Crippen LogP contribution in [-0.4, -0.2) is 39.4 Å². The molecule has 2 aromatic carbocycles. The highest BCUT2D eigenvalue weighted by atomic mass is 16.5. The van der Waals surface area contributed by atoms with Crippen LogP contribution in [0.5, 0.6) is 0 Å². The number of carbonyl (C=O) groups is 1. The summed E-state index contributed by atoms with van der Waals surface area (Å²) in [5.74, 6) is -0.255. The number of nitrogens with one attached hydrogen (secondary N) is 1. The zero-order valence-electron chi connectivity index (χ0n) is 16.6. The quantitative estimate of drug-likeness (QED) is 0.340. The van der Waals surface area contributed by atoms with Crippen molar-refractivity contribution in [3.8, 4) is 0 Å². The number of carbonyl (C=O) groups excluding carboxylic acids is 1. The molecule has 9 heteroatoms. The second-order valence-corrected chi connectivity index (χ2v) is 6.36. The van der Waals surface area contributed by atoms with Gasteiger partial charge in [-0.05, 0) is 50.2 Å². The van der Waals surface area contributed by atoms with Crippen molar-refractivity contribution in [1.82, 2.24) is 0 Å². The Balaban J connectivity index is 2.44. The van der Waals surface area contributed by atoms with Gasteiger partial charge in [0.25, 0.3) is 0 Å². The van der Waals surface area contributed by atoms with E-state index in [9.17, 15) is 25.2 Å². The second-order valence-electron chi connectivity index (χ2n) is 6.36. The van der Waals surface area contributed by atoms with E-state index in [-0.39, 0.29) is 22.7 Å². The van der Waals surface area contributed by atoms with Crippen LogP contribution in [0.25, 0.3) is 0 Å². The molecule has 0 radical (unpaired) electrons. The molecule has 156 valence electrons. The normalized spacial score (nSPS) is 11.5. The van der Waals surface area contributed by atoms with Gasteiger partial charge in [-0.3, -0.25) is 4.79 Å². The maximum absolute atomic E-state index is 11.6. The van der Waals surface area contributed by atoms with Crippen LogP contribution in [0.4, 0.5) is 22.7 Å². The maximum Gasteiger partial charge on any atom is 0.221 e. The first-order valence-electron chi connectivity index (χ1n) is 9.20. The Bertz CT molecular complexity index is 853. The van der Waals surface area contributed by atoms with Gasteiger partial charge in [0.05, 0.1) is 11.4 Å². The third-order valence-electron chi connectivity index (χ3n) is 4.25. The molecule has 0 fully saturated rings. The van der Waals surface area contributed by atoms with E-state index in [1.54, 1.807) is 12.1 Å². The Morgan fingerprint density at radius 3 is 2.03 bits per heavy atom. The predicted molar refractivity (Wildman–Crippen MR) is 109 cm³/mol. The SMILES string of the molecule is CCN(CC)c1ccc(N=Nc2cc(C(O)O)cc(C(O)O)c2)c(NC(C)=O)c1. The lowest BCUT2D eigenvalue weighted by atomic mass is 10.1. The highest BCUT2D eigenvalue weighted by Crippen LogP contribution is 2.32. The van der Waals surface area contributed by atoms with Crippen LogP contribution < -0.4 is 10.2 Å². The standard InChI is InChI=1S/C20H26N4O5/c1-4-24(5-2)16-6-7-17(18(11-16)21-12(3)25)23-22-15-9-13(19(26)27)8-14(10-15)20(28)29/h6-11,19-20,26-29H,4-5H2,1-3H3,(H,21,25). The van der Waals surface area contributed by atoms with Gasteiger partial charge in [0.1, 0.15) is 5.69 Å². The predicted octanol–water partition coefficient (Wildman–Crippen LogP) is 2.87. The van der Waals surface area contributed by atoms with E-state index < -0.39 is 12.6 Å². The van der Waals surface area contributed by atoms with Crippen molar-refractivity contribution in [2.75, 3.05) is 23.3 Å². The first-order valence-corrected chi connectivity index (χ1v) is 9.20. The largest absolute Gasteiger partial charge is 0.372 e. The molecule has 0 saturated carbocycles. The highest BCUT2D eigenvalue weighted by molar-refractivity contribution is 5.93. The van der Waals surface area contributed by atoms with Crippen LogP contribution in [-0.2, 0) is 4.79 Å². The van der Waals surface area contributed by atoms with Gasteiger partial charge < -0.3 is 30.6 Å². The first kappa shape index (κ1) is 22.4. The number of benzene rings is 2. The molecule has 2 rings (SSSR count). The Morgan fingerprint density at radius 1 is 0.966 bits per heavy atom. The van der Waals surface area contributed by atoms with Gasteiger partial charge in [-0.1, -0.05) is 0 Å². The number of hydrogen-bond acceptors (Lipinski definition) is 8. The molecule has 0 atom stereocenters. The molecule has 29 heavy (non-hydrogen) atoms. The van der Waals surface area contributed by atoms with Crippen molar-refractivity contribution < 1.29 is 25.2 Å². The van der Waals surface area contributed by atoms with Gasteiger partial charge in [-0.25, -0.2) is 0 Å². The summed E-state index contributed by atoms with van der Waals surface area (Å²) in [5.41, 5.74) is 2.09. The van der Waals surface area contributed by atoms with Gasteiger partial charge in [0.2, 0.25) is 5.91 Å². The monoisotopic (exact) mass is 402 g/mol. The summed E-state index contributed by atoms with van der Waals surface area (Å²) in [7, 11) is 0. The maximum atomic E-state index is 11.6. The van der Waals surface area contributed by atoms with Gasteiger partial charge >= 0.3 is 0 Å². The number of azo groups is 1. The molecule has 0 spiro atoms. The van der Waals surface area contributed by atoms with Crippen molar-refractivity contribution in [3.05, 3.63) is 47.5 Å². The molecular formula is C20H26N4O5. The molecule has 0 aliphatic rings. The number of rotatable bonds is 8. The number of nitrogens with zero attached hydrogens (tertiary/aromatic N) is 3. The Morgan fingerprint density at radius 2 is 1.55 bits per heavy atom. The third-order valence-corrected chi connectivity index (χ3v) is 4.25. The number of aliphatic hydroxyl groups is 4. The van der Waals surface area contributed by atoms with Crippen molar-refractivity contribution in [2.45, 2.75) is 33.4 Å². The fraction of sp³-hybridized carbons (Fsp3) is 0.350. The Hall–Kier alpha value is -2.85. The number of anilines is 2. The molecule has 0 aliphatic carbocycles. The zero-order valence-corrected chi connectivity index (χ0v) is 16.6. The van der Waals surface area contributed by atoms with Gasteiger partial charge in [0.15, 0.2) is 12.6 Å². The van der Waals surface area contributed by atoms with E-state index in [0.717, 1.165) is 18.8 Å². The molecule has 0 saturated heterocycles. The summed E-state index contributed by atoms with van der Waals surface area (Å²) in [4.78, 5) is 13.7. The van der Waals surface area contributed by atoms with Crippen LogP contribution >= 0.6 is 0 Å². The van der Waals surface area contributed by atoms with Crippen molar-refractivity contribution in [1.29, 1.82) is 0 Å². The molecule has 9 nitrogen and oxygen atoms in total. The molecular weight excluding hydrogens is 376 g/mol. The average molecular weight is 402 g/mol. The summed E-state index contributed by atoms with van der Waals surface area (Å²) in [6, 6.07) is 9.36. The molecule has 0 aliphatic heterocycles. The van der Waals surface area contributed by atoms with E-state index >= 15 is 0 Å². The minimum atomic E-state index is -1.80. The minimum Gasteiger partial charge on any atom is -0.372 e. The number of hydrogen-bond donors (Lipinski definition) is 5. The summed E-state index contributed by atoms with van der Waals surface area (Å²) >= 11 is 0. The van der Waals surface area contributed by atoms with Crippen LogP contribution in [0, 0.1) is 0 Å². The van der Waals surface area contributed by atoms with E-state index in [1.165, 1.54) is 25.1 Å².